The number of nitrogens with zero attached hydrogens (tertiary/aromatic N) is 1. The second-order valence-electron chi connectivity index (χ2n) is 5.04. The third kappa shape index (κ3) is 4.20. The normalized spacial score (nSPS) is 22.9. The summed E-state index contributed by atoms with van der Waals surface area (Å²) in [4.78, 5) is 36.2. The zero-order valence-electron chi connectivity index (χ0n) is 11.0. The molecule has 1 aliphatic heterocycles. The topological polar surface area (TPSA) is 87.7 Å². The molecule has 0 radical (unpaired) electrons. The van der Waals surface area contributed by atoms with Gasteiger partial charge in [0.25, 0.3) is 0 Å². The van der Waals surface area contributed by atoms with Crippen LogP contribution in [0.1, 0.15) is 19.3 Å². The zero-order valence-corrected chi connectivity index (χ0v) is 11.0. The van der Waals surface area contributed by atoms with Crippen LogP contribution in [-0.4, -0.2) is 55.6 Å². The molecule has 0 aromatic heterocycles. The first-order valence-electron chi connectivity index (χ1n) is 6.49. The Hall–Kier alpha value is -1.63. The highest BCUT2D eigenvalue weighted by molar-refractivity contribution is 5.95. The van der Waals surface area contributed by atoms with Crippen LogP contribution in [-0.2, 0) is 14.3 Å². The van der Waals surface area contributed by atoms with Crippen LogP contribution in [0.4, 0.5) is 4.79 Å². The van der Waals surface area contributed by atoms with Crippen molar-refractivity contribution in [2.24, 2.45) is 5.92 Å². The highest BCUT2D eigenvalue weighted by atomic mass is 16.5. The minimum absolute atomic E-state index is 0.131. The number of nitrogens with one attached hydrogen (secondary N) is 2. The molecule has 106 valence electrons. The first kappa shape index (κ1) is 13.8. The molecule has 1 saturated heterocycles. The van der Waals surface area contributed by atoms with Crippen LogP contribution in [0.2, 0.25) is 0 Å². The van der Waals surface area contributed by atoms with E-state index in [1.165, 1.54) is 7.11 Å². The number of amides is 3. The smallest absolute Gasteiger partial charge is 0.321 e. The number of esters is 1. The fourth-order valence-corrected chi connectivity index (χ4v) is 2.15. The van der Waals surface area contributed by atoms with Gasteiger partial charge in [-0.25, -0.2) is 4.79 Å². The summed E-state index contributed by atoms with van der Waals surface area (Å²) >= 11 is 0. The van der Waals surface area contributed by atoms with Crippen molar-refractivity contribution < 1.29 is 19.1 Å². The minimum Gasteiger partial charge on any atom is -0.469 e. The Labute approximate surface area is 111 Å². The Morgan fingerprint density at radius 1 is 1.26 bits per heavy atom. The molecule has 2 N–H and O–H groups in total. The van der Waals surface area contributed by atoms with Crippen molar-refractivity contribution in [2.45, 2.75) is 25.3 Å². The summed E-state index contributed by atoms with van der Waals surface area (Å²) in [6.45, 7) is 1.30. The number of hydrogen-bond donors (Lipinski definition) is 2. The van der Waals surface area contributed by atoms with Crippen LogP contribution in [0.25, 0.3) is 0 Å². The standard InChI is InChI=1S/C12H19N3O4/c1-19-11(17)8-4-5-15(6-8)7-10(16)14-12(18)13-9-2-3-9/h8-9H,2-7H2,1H3,(H2,13,14,16,18). The Morgan fingerprint density at radius 3 is 2.63 bits per heavy atom. The van der Waals surface area contributed by atoms with Gasteiger partial charge in [-0.05, 0) is 25.8 Å². The van der Waals surface area contributed by atoms with Gasteiger partial charge in [0, 0.05) is 12.6 Å². The quantitative estimate of drug-likeness (QED) is 0.670. The fourth-order valence-electron chi connectivity index (χ4n) is 2.15. The predicted molar refractivity (Wildman–Crippen MR) is 66.3 cm³/mol. The van der Waals surface area contributed by atoms with Crippen molar-refractivity contribution in [3.63, 3.8) is 0 Å². The number of carbonyl (C=O) groups excluding carboxylic acids is 3. The average molecular weight is 269 g/mol. The summed E-state index contributed by atoms with van der Waals surface area (Å²) in [7, 11) is 1.36. The van der Waals surface area contributed by atoms with Crippen LogP contribution in [0.15, 0.2) is 0 Å². The Bertz CT molecular complexity index is 381. The number of rotatable bonds is 4. The summed E-state index contributed by atoms with van der Waals surface area (Å²) in [5, 5.41) is 4.97. The largest absolute Gasteiger partial charge is 0.469 e. The van der Waals surface area contributed by atoms with Gasteiger partial charge < -0.3 is 10.1 Å². The third-order valence-corrected chi connectivity index (χ3v) is 3.34. The molecule has 0 aromatic carbocycles. The van der Waals surface area contributed by atoms with Crippen molar-refractivity contribution in [3.05, 3.63) is 0 Å². The number of hydrogen-bond acceptors (Lipinski definition) is 5. The Kier molecular flexibility index (Phi) is 4.36. The molecule has 3 amide bonds. The molecule has 1 aliphatic carbocycles. The summed E-state index contributed by atoms with van der Waals surface area (Å²) in [6.07, 6.45) is 2.65. The molecule has 1 unspecified atom stereocenters. The number of imide groups is 1. The molecule has 2 fully saturated rings. The van der Waals surface area contributed by atoms with E-state index in [1.54, 1.807) is 0 Å². The van der Waals surface area contributed by atoms with E-state index >= 15 is 0 Å². The predicted octanol–water partition coefficient (Wildman–Crippen LogP) is -0.530. The van der Waals surface area contributed by atoms with Crippen molar-refractivity contribution in [2.75, 3.05) is 26.7 Å². The molecule has 7 nitrogen and oxygen atoms in total. The summed E-state index contributed by atoms with van der Waals surface area (Å²) in [5.41, 5.74) is 0. The second-order valence-corrected chi connectivity index (χ2v) is 5.04. The molecule has 7 heteroatoms. The van der Waals surface area contributed by atoms with Crippen molar-refractivity contribution in [3.8, 4) is 0 Å². The van der Waals surface area contributed by atoms with Gasteiger partial charge in [0.2, 0.25) is 5.91 Å². The zero-order chi connectivity index (χ0) is 13.8. The fraction of sp³-hybridized carbons (Fsp3) is 0.750. The lowest BCUT2D eigenvalue weighted by molar-refractivity contribution is -0.145. The lowest BCUT2D eigenvalue weighted by Crippen LogP contribution is -2.44. The average Bonchev–Trinajstić information content (AvgIpc) is 3.04. The van der Waals surface area contributed by atoms with Crippen LogP contribution in [0.5, 0.6) is 0 Å². The van der Waals surface area contributed by atoms with Crippen molar-refractivity contribution in [1.82, 2.24) is 15.5 Å². The lowest BCUT2D eigenvalue weighted by atomic mass is 10.1. The summed E-state index contributed by atoms with van der Waals surface area (Å²) < 4.78 is 4.67. The number of methoxy groups -OCH3 is 1. The molecule has 0 spiro atoms. The van der Waals surface area contributed by atoms with Gasteiger partial charge in [0.05, 0.1) is 19.6 Å². The van der Waals surface area contributed by atoms with Crippen LogP contribution in [0.3, 0.4) is 0 Å². The van der Waals surface area contributed by atoms with Gasteiger partial charge >= 0.3 is 12.0 Å². The molecular weight excluding hydrogens is 250 g/mol. The van der Waals surface area contributed by atoms with Crippen molar-refractivity contribution in [1.29, 1.82) is 0 Å². The van der Waals surface area contributed by atoms with E-state index in [1.807, 2.05) is 4.90 Å². The highest BCUT2D eigenvalue weighted by Crippen LogP contribution is 2.18. The van der Waals surface area contributed by atoms with Crippen LogP contribution >= 0.6 is 0 Å². The van der Waals surface area contributed by atoms with Gasteiger partial charge in [-0.2, -0.15) is 0 Å². The summed E-state index contributed by atoms with van der Waals surface area (Å²) in [6, 6.07) is -0.209. The van der Waals surface area contributed by atoms with E-state index in [0.29, 0.717) is 19.5 Å². The molecule has 0 bridgehead atoms. The first-order chi connectivity index (χ1) is 9.08. The number of ether oxygens (including phenoxy) is 1. The molecule has 1 heterocycles. The molecule has 19 heavy (non-hydrogen) atoms. The van der Waals surface area contributed by atoms with Crippen LogP contribution < -0.4 is 10.6 Å². The Balaban J connectivity index is 1.68. The first-order valence-corrected chi connectivity index (χ1v) is 6.49. The Morgan fingerprint density at radius 2 is 2.00 bits per heavy atom. The maximum Gasteiger partial charge on any atom is 0.321 e. The van der Waals surface area contributed by atoms with E-state index in [4.69, 9.17) is 0 Å². The monoisotopic (exact) mass is 269 g/mol. The molecule has 1 atom stereocenters. The third-order valence-electron chi connectivity index (χ3n) is 3.34. The van der Waals surface area contributed by atoms with Gasteiger partial charge in [0.15, 0.2) is 0 Å². The van der Waals surface area contributed by atoms with Crippen LogP contribution in [0, 0.1) is 5.92 Å². The molecule has 1 saturated carbocycles. The molecular formula is C12H19N3O4. The molecule has 2 aliphatic rings. The summed E-state index contributed by atoms with van der Waals surface area (Å²) in [5.74, 6) is -0.754. The maximum absolute atomic E-state index is 11.6. The van der Waals surface area contributed by atoms with Gasteiger partial charge in [-0.1, -0.05) is 0 Å². The van der Waals surface area contributed by atoms with E-state index in [9.17, 15) is 14.4 Å². The molecule has 2 rings (SSSR count). The maximum atomic E-state index is 11.6. The van der Waals surface area contributed by atoms with Gasteiger partial charge in [0.1, 0.15) is 0 Å². The lowest BCUT2D eigenvalue weighted by Gasteiger charge is -2.14. The molecule has 0 aromatic rings. The number of carbonyl (C=O) groups is 3. The van der Waals surface area contributed by atoms with Crippen molar-refractivity contribution >= 4 is 17.9 Å². The number of likely N-dealkylation sites (tertiary alicyclic amines) is 1. The number of urea groups is 1. The van der Waals surface area contributed by atoms with Gasteiger partial charge in [-0.15, -0.1) is 0 Å². The van der Waals surface area contributed by atoms with Gasteiger partial charge in [-0.3, -0.25) is 19.8 Å². The highest BCUT2D eigenvalue weighted by Gasteiger charge is 2.30. The SMILES string of the molecule is COC(=O)C1CCN(CC(=O)NC(=O)NC2CC2)C1. The van der Waals surface area contributed by atoms with E-state index < -0.39 is 6.03 Å². The second kappa shape index (κ2) is 6.01. The van der Waals surface area contributed by atoms with E-state index in [0.717, 1.165) is 12.8 Å². The van der Waals surface area contributed by atoms with E-state index in [2.05, 4.69) is 15.4 Å². The minimum atomic E-state index is -0.434. The van der Waals surface area contributed by atoms with E-state index in [-0.39, 0.29) is 30.4 Å².